The van der Waals surface area contributed by atoms with Crippen molar-refractivity contribution < 1.29 is 4.74 Å². The highest BCUT2D eigenvalue weighted by atomic mass is 16.5. The Labute approximate surface area is 98.2 Å². The lowest BCUT2D eigenvalue weighted by Gasteiger charge is -2.23. The molecule has 0 atom stereocenters. The highest BCUT2D eigenvalue weighted by Gasteiger charge is 2.05. The zero-order valence-electron chi connectivity index (χ0n) is 10.5. The average Bonchev–Trinajstić information content (AvgIpc) is 2.29. The van der Waals surface area contributed by atoms with Crippen LogP contribution in [0.2, 0.25) is 0 Å². The SMILES string of the molecule is CCOCCN(CC)c1ccc(N)c(C)c1. The predicted molar refractivity (Wildman–Crippen MR) is 70.0 cm³/mol. The molecule has 3 nitrogen and oxygen atoms in total. The Kier molecular flexibility index (Phi) is 5.12. The lowest BCUT2D eigenvalue weighted by Crippen LogP contribution is -2.27. The van der Waals surface area contributed by atoms with Crippen LogP contribution in [-0.2, 0) is 4.74 Å². The van der Waals surface area contributed by atoms with Crippen LogP contribution < -0.4 is 10.6 Å². The van der Waals surface area contributed by atoms with E-state index in [4.69, 9.17) is 10.5 Å². The summed E-state index contributed by atoms with van der Waals surface area (Å²) in [4.78, 5) is 2.29. The molecule has 2 N–H and O–H groups in total. The second kappa shape index (κ2) is 6.38. The van der Waals surface area contributed by atoms with Crippen LogP contribution in [0.5, 0.6) is 0 Å². The van der Waals surface area contributed by atoms with E-state index in [1.54, 1.807) is 0 Å². The highest BCUT2D eigenvalue weighted by Crippen LogP contribution is 2.20. The molecule has 0 bridgehead atoms. The molecule has 0 saturated heterocycles. The Morgan fingerprint density at radius 1 is 1.31 bits per heavy atom. The van der Waals surface area contributed by atoms with Gasteiger partial charge in [0.25, 0.3) is 0 Å². The smallest absolute Gasteiger partial charge is 0.0641 e. The van der Waals surface area contributed by atoms with Gasteiger partial charge in [0, 0.05) is 31.1 Å². The number of hydrogen-bond donors (Lipinski definition) is 1. The molecule has 0 aliphatic rings. The van der Waals surface area contributed by atoms with Gasteiger partial charge in [0.05, 0.1) is 6.61 Å². The molecule has 0 unspecified atom stereocenters. The number of rotatable bonds is 6. The minimum atomic E-state index is 0.772. The molecule has 0 heterocycles. The third-order valence-electron chi connectivity index (χ3n) is 2.71. The Hall–Kier alpha value is -1.22. The first-order valence-electron chi connectivity index (χ1n) is 5.87. The Balaban J connectivity index is 2.67. The van der Waals surface area contributed by atoms with Crippen molar-refractivity contribution in [2.75, 3.05) is 36.9 Å². The van der Waals surface area contributed by atoms with Crippen molar-refractivity contribution in [2.24, 2.45) is 0 Å². The maximum Gasteiger partial charge on any atom is 0.0641 e. The fraction of sp³-hybridized carbons (Fsp3) is 0.538. The van der Waals surface area contributed by atoms with Gasteiger partial charge in [0.15, 0.2) is 0 Å². The van der Waals surface area contributed by atoms with Gasteiger partial charge in [-0.15, -0.1) is 0 Å². The molecule has 1 aromatic rings. The molecule has 0 radical (unpaired) electrons. The van der Waals surface area contributed by atoms with Crippen LogP contribution in [0.3, 0.4) is 0 Å². The molecule has 0 aromatic heterocycles. The minimum absolute atomic E-state index is 0.772. The van der Waals surface area contributed by atoms with Gasteiger partial charge in [-0.25, -0.2) is 0 Å². The monoisotopic (exact) mass is 222 g/mol. The van der Waals surface area contributed by atoms with E-state index >= 15 is 0 Å². The van der Waals surface area contributed by atoms with Gasteiger partial charge in [-0.3, -0.25) is 0 Å². The van der Waals surface area contributed by atoms with Crippen LogP contribution in [0.25, 0.3) is 0 Å². The van der Waals surface area contributed by atoms with Gasteiger partial charge < -0.3 is 15.4 Å². The van der Waals surface area contributed by atoms with Gasteiger partial charge in [-0.05, 0) is 44.5 Å². The number of anilines is 2. The summed E-state index contributed by atoms with van der Waals surface area (Å²) in [6, 6.07) is 6.16. The lowest BCUT2D eigenvalue weighted by atomic mass is 10.1. The molecule has 0 fully saturated rings. The highest BCUT2D eigenvalue weighted by molar-refractivity contribution is 5.57. The first kappa shape index (κ1) is 12.8. The van der Waals surface area contributed by atoms with Gasteiger partial charge in [0.1, 0.15) is 0 Å². The largest absolute Gasteiger partial charge is 0.399 e. The van der Waals surface area contributed by atoms with E-state index in [0.29, 0.717) is 0 Å². The molecule has 3 heteroatoms. The van der Waals surface area contributed by atoms with Gasteiger partial charge in [-0.2, -0.15) is 0 Å². The number of nitrogens with two attached hydrogens (primary N) is 1. The van der Waals surface area contributed by atoms with E-state index in [1.165, 1.54) is 5.69 Å². The third kappa shape index (κ3) is 3.42. The van der Waals surface area contributed by atoms with E-state index in [1.807, 2.05) is 19.9 Å². The third-order valence-corrected chi connectivity index (χ3v) is 2.71. The predicted octanol–water partition coefficient (Wildman–Crippen LogP) is 2.44. The molecule has 0 aliphatic carbocycles. The molecule has 90 valence electrons. The van der Waals surface area contributed by atoms with Gasteiger partial charge >= 0.3 is 0 Å². The second-order valence-electron chi connectivity index (χ2n) is 3.82. The molecule has 1 rings (SSSR count). The van der Waals surface area contributed by atoms with Crippen LogP contribution in [0.4, 0.5) is 11.4 Å². The fourth-order valence-corrected chi connectivity index (χ4v) is 1.65. The molecule has 0 spiro atoms. The van der Waals surface area contributed by atoms with Gasteiger partial charge in [-0.1, -0.05) is 0 Å². The maximum absolute atomic E-state index is 5.81. The first-order chi connectivity index (χ1) is 7.69. The summed E-state index contributed by atoms with van der Waals surface area (Å²) >= 11 is 0. The van der Waals surface area contributed by atoms with Crippen LogP contribution in [0, 0.1) is 6.92 Å². The zero-order chi connectivity index (χ0) is 12.0. The van der Waals surface area contributed by atoms with Crippen LogP contribution >= 0.6 is 0 Å². The van der Waals surface area contributed by atoms with Crippen molar-refractivity contribution >= 4 is 11.4 Å². The Bertz CT molecular complexity index is 326. The van der Waals surface area contributed by atoms with Crippen molar-refractivity contribution in [3.63, 3.8) is 0 Å². The molecular weight excluding hydrogens is 200 g/mol. The van der Waals surface area contributed by atoms with E-state index in [2.05, 4.69) is 24.0 Å². The molecule has 1 aromatic carbocycles. The molecule has 16 heavy (non-hydrogen) atoms. The van der Waals surface area contributed by atoms with Crippen molar-refractivity contribution in [3.05, 3.63) is 23.8 Å². The maximum atomic E-state index is 5.81. The standard InChI is InChI=1S/C13H22N2O/c1-4-15(8-9-16-5-2)12-6-7-13(14)11(3)10-12/h6-7,10H,4-5,8-9,14H2,1-3H3. The Morgan fingerprint density at radius 2 is 2.06 bits per heavy atom. The Morgan fingerprint density at radius 3 is 2.62 bits per heavy atom. The number of ether oxygens (including phenoxy) is 1. The molecule has 0 saturated carbocycles. The summed E-state index contributed by atoms with van der Waals surface area (Å²) in [6.45, 7) is 9.66. The van der Waals surface area contributed by atoms with Crippen molar-refractivity contribution in [3.8, 4) is 0 Å². The average molecular weight is 222 g/mol. The normalized spacial score (nSPS) is 10.4. The van der Waals surface area contributed by atoms with E-state index in [0.717, 1.165) is 37.6 Å². The number of hydrogen-bond acceptors (Lipinski definition) is 3. The summed E-state index contributed by atoms with van der Waals surface area (Å²) in [5.74, 6) is 0. The van der Waals surface area contributed by atoms with Crippen LogP contribution in [-0.4, -0.2) is 26.3 Å². The van der Waals surface area contributed by atoms with Crippen LogP contribution in [0.1, 0.15) is 19.4 Å². The van der Waals surface area contributed by atoms with Crippen molar-refractivity contribution in [1.82, 2.24) is 0 Å². The lowest BCUT2D eigenvalue weighted by molar-refractivity contribution is 0.154. The van der Waals surface area contributed by atoms with Gasteiger partial charge in [0.2, 0.25) is 0 Å². The summed E-state index contributed by atoms with van der Waals surface area (Å²) in [7, 11) is 0. The number of nitrogen functional groups attached to an aromatic ring is 1. The molecule has 0 amide bonds. The minimum Gasteiger partial charge on any atom is -0.399 e. The summed E-state index contributed by atoms with van der Waals surface area (Å²) in [5, 5.41) is 0. The van der Waals surface area contributed by atoms with E-state index in [9.17, 15) is 0 Å². The number of nitrogens with zero attached hydrogens (tertiary/aromatic N) is 1. The molecular formula is C13H22N2O. The van der Waals surface area contributed by atoms with E-state index in [-0.39, 0.29) is 0 Å². The molecule has 0 aliphatic heterocycles. The van der Waals surface area contributed by atoms with Crippen molar-refractivity contribution in [1.29, 1.82) is 0 Å². The zero-order valence-corrected chi connectivity index (χ0v) is 10.5. The second-order valence-corrected chi connectivity index (χ2v) is 3.82. The number of aryl methyl sites for hydroxylation is 1. The quantitative estimate of drug-likeness (QED) is 0.593. The van der Waals surface area contributed by atoms with Crippen LogP contribution in [0.15, 0.2) is 18.2 Å². The summed E-state index contributed by atoms with van der Waals surface area (Å²) < 4.78 is 5.37. The van der Waals surface area contributed by atoms with E-state index < -0.39 is 0 Å². The summed E-state index contributed by atoms with van der Waals surface area (Å²) in [6.07, 6.45) is 0. The van der Waals surface area contributed by atoms with Crippen molar-refractivity contribution in [2.45, 2.75) is 20.8 Å². The fourth-order valence-electron chi connectivity index (χ4n) is 1.65. The number of benzene rings is 1. The first-order valence-corrected chi connectivity index (χ1v) is 5.87. The number of likely N-dealkylation sites (N-methyl/N-ethyl adjacent to an activating group) is 1. The topological polar surface area (TPSA) is 38.5 Å². The summed E-state index contributed by atoms with van der Waals surface area (Å²) in [5.41, 5.74) is 9.01.